The van der Waals surface area contributed by atoms with E-state index in [0.29, 0.717) is 10.7 Å². The monoisotopic (exact) mass is 469 g/mol. The second-order valence-corrected chi connectivity index (χ2v) is 8.20. The number of carbonyl (C=O) groups excluding carboxylic acids is 1. The van der Waals surface area contributed by atoms with E-state index in [-0.39, 0.29) is 16.3 Å². The van der Waals surface area contributed by atoms with E-state index in [2.05, 4.69) is 10.3 Å². The third kappa shape index (κ3) is 4.74. The van der Waals surface area contributed by atoms with Gasteiger partial charge < -0.3 is 5.32 Å². The topological polar surface area (TPSA) is 85.1 Å². The molecule has 154 valence electrons. The van der Waals surface area contributed by atoms with Crippen molar-refractivity contribution in [2.75, 3.05) is 5.32 Å². The maximum atomic E-state index is 12.6. The molecule has 1 aromatic heterocycles. The number of hydrogen-bond acceptors (Lipinski definition) is 5. The largest absolute Gasteiger partial charge is 0.322 e. The number of hydrogen-bond donors (Lipinski definition) is 1. The van der Waals surface area contributed by atoms with E-state index < -0.39 is 10.8 Å². The van der Waals surface area contributed by atoms with Gasteiger partial charge in [0, 0.05) is 38.8 Å². The Kier molecular flexibility index (Phi) is 5.99. The molecule has 4 rings (SSSR count). The van der Waals surface area contributed by atoms with Gasteiger partial charge in [-0.15, -0.1) is 11.3 Å². The van der Waals surface area contributed by atoms with Crippen LogP contribution in [-0.4, -0.2) is 15.8 Å². The van der Waals surface area contributed by atoms with Crippen LogP contribution in [0.25, 0.3) is 21.8 Å². The normalized spacial score (nSPS) is 10.6. The van der Waals surface area contributed by atoms with Gasteiger partial charge in [-0.1, -0.05) is 47.5 Å². The first-order valence-corrected chi connectivity index (χ1v) is 10.6. The molecule has 0 aliphatic heterocycles. The van der Waals surface area contributed by atoms with Gasteiger partial charge in [0.25, 0.3) is 11.6 Å². The van der Waals surface area contributed by atoms with Crippen molar-refractivity contribution < 1.29 is 9.72 Å². The summed E-state index contributed by atoms with van der Waals surface area (Å²) in [5, 5.41) is 17.2. The molecule has 0 aliphatic rings. The van der Waals surface area contributed by atoms with Crippen molar-refractivity contribution in [2.24, 2.45) is 0 Å². The summed E-state index contributed by atoms with van der Waals surface area (Å²) < 4.78 is 0. The fraction of sp³-hybridized carbons (Fsp3) is 0. The zero-order valence-electron chi connectivity index (χ0n) is 15.7. The van der Waals surface area contributed by atoms with Crippen LogP contribution in [0.4, 0.5) is 11.4 Å². The van der Waals surface area contributed by atoms with Crippen LogP contribution in [0.1, 0.15) is 10.4 Å². The molecule has 4 aromatic rings. The maximum Gasteiger partial charge on any atom is 0.288 e. The molecule has 1 heterocycles. The highest BCUT2D eigenvalue weighted by molar-refractivity contribution is 7.13. The molecule has 0 saturated heterocycles. The smallest absolute Gasteiger partial charge is 0.288 e. The summed E-state index contributed by atoms with van der Waals surface area (Å²) in [6.07, 6.45) is 0. The van der Waals surface area contributed by atoms with E-state index in [4.69, 9.17) is 23.2 Å². The molecule has 0 aliphatic carbocycles. The third-order valence-electron chi connectivity index (χ3n) is 4.42. The van der Waals surface area contributed by atoms with Gasteiger partial charge in [-0.3, -0.25) is 14.9 Å². The Balaban J connectivity index is 1.55. The van der Waals surface area contributed by atoms with Crippen molar-refractivity contribution in [3.8, 4) is 21.8 Å². The lowest BCUT2D eigenvalue weighted by Gasteiger charge is -2.07. The molecule has 1 amide bonds. The van der Waals surface area contributed by atoms with Gasteiger partial charge in [-0.05, 0) is 36.4 Å². The Morgan fingerprint density at radius 1 is 1.00 bits per heavy atom. The summed E-state index contributed by atoms with van der Waals surface area (Å²) in [4.78, 5) is 27.7. The molecule has 0 atom stereocenters. The van der Waals surface area contributed by atoms with Gasteiger partial charge in [0.15, 0.2) is 0 Å². The van der Waals surface area contributed by atoms with Crippen LogP contribution >= 0.6 is 34.5 Å². The minimum Gasteiger partial charge on any atom is -0.322 e. The van der Waals surface area contributed by atoms with Crippen molar-refractivity contribution >= 4 is 51.8 Å². The molecular weight excluding hydrogens is 457 g/mol. The van der Waals surface area contributed by atoms with Gasteiger partial charge >= 0.3 is 0 Å². The van der Waals surface area contributed by atoms with Crippen LogP contribution in [0.15, 0.2) is 72.1 Å². The van der Waals surface area contributed by atoms with Crippen molar-refractivity contribution in [2.45, 2.75) is 0 Å². The second kappa shape index (κ2) is 8.85. The Bertz CT molecular complexity index is 1290. The first-order chi connectivity index (χ1) is 14.9. The third-order valence-corrected chi connectivity index (χ3v) is 5.88. The zero-order valence-corrected chi connectivity index (χ0v) is 18.0. The molecular formula is C22H13Cl2N3O3S. The first kappa shape index (κ1) is 21.0. The summed E-state index contributed by atoms with van der Waals surface area (Å²) in [7, 11) is 0. The van der Waals surface area contributed by atoms with E-state index in [1.807, 2.05) is 35.7 Å². The number of nitrogens with zero attached hydrogens (tertiary/aromatic N) is 2. The number of nitro benzene ring substituents is 1. The minimum absolute atomic E-state index is 0.0245. The Morgan fingerprint density at radius 2 is 1.77 bits per heavy atom. The number of nitrogens with one attached hydrogen (secondary N) is 1. The number of nitro groups is 1. The van der Waals surface area contributed by atoms with E-state index in [1.54, 1.807) is 18.2 Å². The average Bonchev–Trinajstić information content (AvgIpc) is 3.25. The van der Waals surface area contributed by atoms with Gasteiger partial charge in [-0.25, -0.2) is 4.98 Å². The minimum atomic E-state index is -0.625. The van der Waals surface area contributed by atoms with Crippen LogP contribution in [0.3, 0.4) is 0 Å². The highest BCUT2D eigenvalue weighted by atomic mass is 35.5. The SMILES string of the molecule is O=C(Nc1cccc(-c2csc(-c3ccc(Cl)cc3)n2)c1)c1ccc(Cl)c([N+](=O)[O-])c1. The molecule has 0 bridgehead atoms. The number of anilines is 1. The molecule has 6 nitrogen and oxygen atoms in total. The van der Waals surface area contributed by atoms with Crippen LogP contribution in [-0.2, 0) is 0 Å². The Morgan fingerprint density at radius 3 is 2.52 bits per heavy atom. The number of thiazole rings is 1. The molecule has 1 N–H and O–H groups in total. The van der Waals surface area contributed by atoms with Crippen LogP contribution in [0.5, 0.6) is 0 Å². The van der Waals surface area contributed by atoms with E-state index in [1.165, 1.54) is 23.5 Å². The van der Waals surface area contributed by atoms with Gasteiger partial charge in [0.05, 0.1) is 10.6 Å². The number of aromatic nitrogens is 1. The Labute approximate surface area is 191 Å². The first-order valence-electron chi connectivity index (χ1n) is 8.98. The maximum absolute atomic E-state index is 12.6. The lowest BCUT2D eigenvalue weighted by molar-refractivity contribution is -0.384. The molecule has 0 spiro atoms. The number of amides is 1. The van der Waals surface area contributed by atoms with Crippen molar-refractivity contribution in [3.63, 3.8) is 0 Å². The summed E-state index contributed by atoms with van der Waals surface area (Å²) >= 11 is 13.3. The van der Waals surface area contributed by atoms with Crippen molar-refractivity contribution in [1.29, 1.82) is 0 Å². The second-order valence-electron chi connectivity index (χ2n) is 6.50. The van der Waals surface area contributed by atoms with Crippen LogP contribution in [0.2, 0.25) is 10.0 Å². The molecule has 3 aromatic carbocycles. The summed E-state index contributed by atoms with van der Waals surface area (Å²) in [5.41, 5.74) is 2.93. The molecule has 31 heavy (non-hydrogen) atoms. The van der Waals surface area contributed by atoms with Crippen molar-refractivity contribution in [3.05, 3.63) is 97.8 Å². The van der Waals surface area contributed by atoms with E-state index in [0.717, 1.165) is 27.9 Å². The molecule has 0 radical (unpaired) electrons. The van der Waals surface area contributed by atoms with Gasteiger partial charge in [0.2, 0.25) is 0 Å². The average molecular weight is 470 g/mol. The van der Waals surface area contributed by atoms with Gasteiger partial charge in [0.1, 0.15) is 10.0 Å². The van der Waals surface area contributed by atoms with E-state index in [9.17, 15) is 14.9 Å². The molecule has 0 fully saturated rings. The summed E-state index contributed by atoms with van der Waals surface area (Å²) in [5.74, 6) is -0.475. The van der Waals surface area contributed by atoms with Crippen molar-refractivity contribution in [1.82, 2.24) is 4.98 Å². The summed E-state index contributed by atoms with van der Waals surface area (Å²) in [6.45, 7) is 0. The molecule has 0 saturated carbocycles. The fourth-order valence-electron chi connectivity index (χ4n) is 2.88. The van der Waals surface area contributed by atoms with E-state index >= 15 is 0 Å². The lowest BCUT2D eigenvalue weighted by atomic mass is 10.1. The van der Waals surface area contributed by atoms with Gasteiger partial charge in [-0.2, -0.15) is 0 Å². The number of rotatable bonds is 5. The molecule has 0 unspecified atom stereocenters. The van der Waals surface area contributed by atoms with Crippen LogP contribution in [0, 0.1) is 10.1 Å². The number of benzene rings is 3. The molecule has 9 heteroatoms. The highest BCUT2D eigenvalue weighted by Gasteiger charge is 2.16. The fourth-order valence-corrected chi connectivity index (χ4v) is 4.03. The quantitative estimate of drug-likeness (QED) is 0.253. The zero-order chi connectivity index (χ0) is 22.0. The summed E-state index contributed by atoms with van der Waals surface area (Å²) in [6, 6.07) is 18.6. The number of halogens is 2. The lowest BCUT2D eigenvalue weighted by Crippen LogP contribution is -2.12. The number of carbonyl (C=O) groups is 1. The highest BCUT2D eigenvalue weighted by Crippen LogP contribution is 2.31. The predicted octanol–water partition coefficient (Wildman–Crippen LogP) is 6.94. The standard InChI is InChI=1S/C22H13Cl2N3O3S/c23-16-7-4-13(5-8-16)22-26-19(12-31-22)14-2-1-3-17(10-14)25-21(28)15-6-9-18(24)20(11-15)27(29)30/h1-12H,(H,25,28). The predicted molar refractivity (Wildman–Crippen MR) is 124 cm³/mol. The van der Waals surface area contributed by atoms with Crippen LogP contribution < -0.4 is 5.32 Å². The Hall–Kier alpha value is -3.26.